The Morgan fingerprint density at radius 3 is 2.57 bits per heavy atom. The lowest BCUT2D eigenvalue weighted by Crippen LogP contribution is -2.04. The zero-order valence-electron chi connectivity index (χ0n) is 8.07. The van der Waals surface area contributed by atoms with Crippen molar-refractivity contribution in [2.45, 2.75) is 26.8 Å². The van der Waals surface area contributed by atoms with Gasteiger partial charge in [0.05, 0.1) is 17.1 Å². The molecule has 0 aromatic carbocycles. The third-order valence-corrected chi connectivity index (χ3v) is 3.12. The number of hydrogen-bond acceptors (Lipinski definition) is 4. The molecule has 14 heavy (non-hydrogen) atoms. The second-order valence-electron chi connectivity index (χ2n) is 2.93. The smallest absolute Gasteiger partial charge is 0.232 e. The van der Waals surface area contributed by atoms with Crippen LogP contribution in [0.2, 0.25) is 0 Å². The highest BCUT2D eigenvalue weighted by Gasteiger charge is 2.11. The van der Waals surface area contributed by atoms with E-state index < -0.39 is 9.05 Å². The Bertz CT molecular complexity index is 413. The lowest BCUT2D eigenvalue weighted by Gasteiger charge is -1.98. The molecule has 0 bridgehead atoms. The van der Waals surface area contributed by atoms with Crippen molar-refractivity contribution in [2.24, 2.45) is 0 Å². The Morgan fingerprint density at radius 1 is 1.50 bits per heavy atom. The van der Waals surface area contributed by atoms with Crippen molar-refractivity contribution in [2.75, 3.05) is 5.75 Å². The average molecular weight is 238 g/mol. The zero-order chi connectivity index (χ0) is 10.8. The minimum atomic E-state index is -3.44. The van der Waals surface area contributed by atoms with E-state index in [2.05, 4.69) is 10.3 Å². The first-order chi connectivity index (χ1) is 6.44. The first-order valence-corrected chi connectivity index (χ1v) is 6.73. The molecule has 1 aromatic heterocycles. The van der Waals surface area contributed by atoms with Gasteiger partial charge in [0, 0.05) is 23.6 Å². The molecular weight excluding hydrogens is 226 g/mol. The van der Waals surface area contributed by atoms with E-state index in [1.807, 2.05) is 13.8 Å². The molecule has 1 aromatic rings. The van der Waals surface area contributed by atoms with Gasteiger partial charge in [0.15, 0.2) is 0 Å². The fraction of sp³-hybridized carbons (Fsp3) is 0.714. The Hall–Kier alpha value is -0.620. The van der Waals surface area contributed by atoms with Crippen molar-refractivity contribution >= 4 is 19.7 Å². The van der Waals surface area contributed by atoms with Crippen LogP contribution >= 0.6 is 10.7 Å². The van der Waals surface area contributed by atoms with Gasteiger partial charge in [-0.25, -0.2) is 13.1 Å². The summed E-state index contributed by atoms with van der Waals surface area (Å²) in [6.45, 7) is 4.54. The first-order valence-electron chi connectivity index (χ1n) is 4.25. The molecule has 5 nitrogen and oxygen atoms in total. The molecule has 0 spiro atoms. The Balaban J connectivity index is 2.73. The number of rotatable bonds is 4. The third-order valence-electron chi connectivity index (χ3n) is 1.96. The van der Waals surface area contributed by atoms with Crippen LogP contribution in [0.25, 0.3) is 0 Å². The van der Waals surface area contributed by atoms with Crippen molar-refractivity contribution in [3.63, 3.8) is 0 Å². The summed E-state index contributed by atoms with van der Waals surface area (Å²) in [5.41, 5.74) is 1.59. The predicted octanol–water partition coefficient (Wildman–Crippen LogP) is 0.718. The van der Waals surface area contributed by atoms with Crippen LogP contribution in [0.4, 0.5) is 0 Å². The van der Waals surface area contributed by atoms with Gasteiger partial charge in [0.2, 0.25) is 9.05 Å². The average Bonchev–Trinajstić information content (AvgIpc) is 2.42. The van der Waals surface area contributed by atoms with Gasteiger partial charge in [0.1, 0.15) is 0 Å². The molecule has 0 unspecified atom stereocenters. The van der Waals surface area contributed by atoms with Crippen molar-refractivity contribution in [1.82, 2.24) is 15.0 Å². The summed E-state index contributed by atoms with van der Waals surface area (Å²) in [4.78, 5) is 0. The quantitative estimate of drug-likeness (QED) is 0.724. The van der Waals surface area contributed by atoms with Gasteiger partial charge in [-0.1, -0.05) is 5.21 Å². The van der Waals surface area contributed by atoms with Crippen molar-refractivity contribution < 1.29 is 8.42 Å². The molecule has 0 aliphatic heterocycles. The van der Waals surface area contributed by atoms with Crippen LogP contribution in [-0.2, 0) is 22.0 Å². The van der Waals surface area contributed by atoms with E-state index in [-0.39, 0.29) is 5.75 Å². The molecule has 0 fully saturated rings. The normalized spacial score (nSPS) is 11.9. The van der Waals surface area contributed by atoms with Gasteiger partial charge >= 0.3 is 0 Å². The maximum atomic E-state index is 10.7. The molecule has 0 atom stereocenters. The number of halogens is 1. The molecule has 0 aliphatic rings. The molecule has 7 heteroatoms. The summed E-state index contributed by atoms with van der Waals surface area (Å²) in [6.07, 6.45) is 0.317. The standard InChI is InChI=1S/C7H12ClN3O2S/c1-3-11-6(2)7(9-10-11)4-5-14(8,12)13/h3-5H2,1-2H3. The van der Waals surface area contributed by atoms with Crippen LogP contribution in [0.3, 0.4) is 0 Å². The zero-order valence-corrected chi connectivity index (χ0v) is 9.64. The molecule has 0 N–H and O–H groups in total. The van der Waals surface area contributed by atoms with E-state index in [4.69, 9.17) is 10.7 Å². The van der Waals surface area contributed by atoms with E-state index in [0.717, 1.165) is 12.2 Å². The van der Waals surface area contributed by atoms with E-state index in [1.54, 1.807) is 4.68 Å². The molecule has 0 aliphatic carbocycles. The lowest BCUT2D eigenvalue weighted by molar-refractivity contribution is 0.608. The second kappa shape index (κ2) is 4.27. The number of aryl methyl sites for hydroxylation is 2. The van der Waals surface area contributed by atoms with Gasteiger partial charge in [-0.15, -0.1) is 5.10 Å². The van der Waals surface area contributed by atoms with E-state index in [9.17, 15) is 8.42 Å². The summed E-state index contributed by atoms with van der Waals surface area (Å²) in [5.74, 6) is -0.0994. The Kier molecular flexibility index (Phi) is 3.49. The fourth-order valence-electron chi connectivity index (χ4n) is 1.15. The van der Waals surface area contributed by atoms with E-state index in [1.165, 1.54) is 0 Å². The van der Waals surface area contributed by atoms with Crippen molar-refractivity contribution in [3.8, 4) is 0 Å². The van der Waals surface area contributed by atoms with Gasteiger partial charge in [-0.2, -0.15) is 0 Å². The van der Waals surface area contributed by atoms with Crippen LogP contribution in [0.1, 0.15) is 18.3 Å². The fourth-order valence-corrected chi connectivity index (χ4v) is 1.81. The number of aromatic nitrogens is 3. The SMILES string of the molecule is CCn1nnc(CCS(=O)(=O)Cl)c1C. The summed E-state index contributed by atoms with van der Waals surface area (Å²) >= 11 is 0. The highest BCUT2D eigenvalue weighted by atomic mass is 35.7. The summed E-state index contributed by atoms with van der Waals surface area (Å²) in [5, 5.41) is 7.74. The molecule has 1 rings (SSSR count). The maximum Gasteiger partial charge on any atom is 0.232 e. The van der Waals surface area contributed by atoms with Crippen molar-refractivity contribution in [1.29, 1.82) is 0 Å². The first kappa shape index (κ1) is 11.5. The van der Waals surface area contributed by atoms with E-state index in [0.29, 0.717) is 12.1 Å². The van der Waals surface area contributed by atoms with Crippen LogP contribution in [0, 0.1) is 6.92 Å². The number of nitrogens with zero attached hydrogens (tertiary/aromatic N) is 3. The van der Waals surface area contributed by atoms with Crippen LogP contribution in [-0.4, -0.2) is 29.2 Å². The van der Waals surface area contributed by atoms with Gasteiger partial charge < -0.3 is 0 Å². The Labute approximate surface area is 87.5 Å². The molecular formula is C7H12ClN3O2S. The minimum Gasteiger partial charge on any atom is -0.250 e. The van der Waals surface area contributed by atoms with Gasteiger partial charge in [-0.05, 0) is 13.8 Å². The molecule has 0 saturated heterocycles. The second-order valence-corrected chi connectivity index (χ2v) is 5.83. The molecule has 0 saturated carbocycles. The topological polar surface area (TPSA) is 64.8 Å². The minimum absolute atomic E-state index is 0.0994. The molecule has 80 valence electrons. The van der Waals surface area contributed by atoms with Gasteiger partial charge in [0.25, 0.3) is 0 Å². The highest BCUT2D eigenvalue weighted by molar-refractivity contribution is 8.13. The number of hydrogen-bond donors (Lipinski definition) is 0. The van der Waals surface area contributed by atoms with Crippen LogP contribution in [0.5, 0.6) is 0 Å². The third kappa shape index (κ3) is 2.95. The molecule has 1 heterocycles. The Morgan fingerprint density at radius 2 is 2.14 bits per heavy atom. The summed E-state index contributed by atoms with van der Waals surface area (Å²) < 4.78 is 23.1. The van der Waals surface area contributed by atoms with Crippen LogP contribution < -0.4 is 0 Å². The maximum absolute atomic E-state index is 10.7. The van der Waals surface area contributed by atoms with Crippen LogP contribution in [0.15, 0.2) is 0 Å². The van der Waals surface area contributed by atoms with Gasteiger partial charge in [-0.3, -0.25) is 0 Å². The summed E-state index contributed by atoms with van der Waals surface area (Å²) in [6, 6.07) is 0. The molecule has 0 radical (unpaired) electrons. The summed E-state index contributed by atoms with van der Waals surface area (Å²) in [7, 11) is 1.65. The van der Waals surface area contributed by atoms with E-state index >= 15 is 0 Å². The van der Waals surface area contributed by atoms with Crippen molar-refractivity contribution in [3.05, 3.63) is 11.4 Å². The predicted molar refractivity (Wildman–Crippen MR) is 53.8 cm³/mol. The monoisotopic (exact) mass is 237 g/mol. The largest absolute Gasteiger partial charge is 0.250 e. The molecule has 0 amide bonds. The lowest BCUT2D eigenvalue weighted by atomic mass is 10.3. The highest BCUT2D eigenvalue weighted by Crippen LogP contribution is 2.07.